The number of nitrogens with one attached hydrogen (secondary N) is 1. The van der Waals surface area contributed by atoms with Gasteiger partial charge in [0.05, 0.1) is 11.3 Å². The summed E-state index contributed by atoms with van der Waals surface area (Å²) in [6.07, 6.45) is 3.10. The molecule has 0 saturated heterocycles. The first-order chi connectivity index (χ1) is 9.38. The SMILES string of the molecule is O=Cc1ccccc1Oc1ncnc2c1CCNC2. The number of fused-ring (bicyclic) bond motifs is 1. The number of hydrogen-bond donors (Lipinski definition) is 1. The quantitative estimate of drug-likeness (QED) is 0.846. The minimum absolute atomic E-state index is 0.517. The number of para-hydroxylation sites is 1. The number of rotatable bonds is 3. The maximum atomic E-state index is 11.0. The number of nitrogens with zero attached hydrogens (tertiary/aromatic N) is 2. The number of carbonyl (C=O) groups is 1. The Balaban J connectivity index is 1.97. The van der Waals surface area contributed by atoms with E-state index in [2.05, 4.69) is 15.3 Å². The average molecular weight is 255 g/mol. The van der Waals surface area contributed by atoms with Crippen LogP contribution in [-0.4, -0.2) is 22.8 Å². The molecular formula is C14H13N3O2. The zero-order valence-electron chi connectivity index (χ0n) is 10.3. The van der Waals surface area contributed by atoms with Crippen LogP contribution < -0.4 is 10.1 Å². The van der Waals surface area contributed by atoms with Gasteiger partial charge < -0.3 is 10.1 Å². The average Bonchev–Trinajstić information content (AvgIpc) is 2.48. The minimum atomic E-state index is 0.517. The molecule has 0 aliphatic carbocycles. The Morgan fingerprint density at radius 3 is 3.05 bits per heavy atom. The molecule has 0 amide bonds. The van der Waals surface area contributed by atoms with Gasteiger partial charge in [-0.15, -0.1) is 0 Å². The van der Waals surface area contributed by atoms with E-state index in [0.29, 0.717) is 17.2 Å². The predicted octanol–water partition coefficient (Wildman–Crippen LogP) is 1.73. The molecule has 2 heterocycles. The number of hydrogen-bond acceptors (Lipinski definition) is 5. The summed E-state index contributed by atoms with van der Waals surface area (Å²) in [6.45, 7) is 1.61. The van der Waals surface area contributed by atoms with Gasteiger partial charge in [0.1, 0.15) is 12.1 Å². The van der Waals surface area contributed by atoms with Crippen molar-refractivity contribution in [3.8, 4) is 11.6 Å². The third-order valence-electron chi connectivity index (χ3n) is 3.09. The van der Waals surface area contributed by atoms with Crippen molar-refractivity contribution in [3.05, 3.63) is 47.4 Å². The van der Waals surface area contributed by atoms with Crippen LogP contribution in [0.4, 0.5) is 0 Å². The number of carbonyl (C=O) groups excluding carboxylic acids is 1. The van der Waals surface area contributed by atoms with E-state index in [4.69, 9.17) is 4.74 Å². The second kappa shape index (κ2) is 5.16. The Morgan fingerprint density at radius 1 is 1.26 bits per heavy atom. The van der Waals surface area contributed by atoms with E-state index in [1.165, 1.54) is 6.33 Å². The summed E-state index contributed by atoms with van der Waals surface area (Å²) in [7, 11) is 0. The summed E-state index contributed by atoms with van der Waals surface area (Å²) in [6, 6.07) is 7.12. The van der Waals surface area contributed by atoms with Gasteiger partial charge >= 0.3 is 0 Å². The van der Waals surface area contributed by atoms with Crippen molar-refractivity contribution in [2.24, 2.45) is 0 Å². The molecule has 2 aromatic rings. The summed E-state index contributed by atoms with van der Waals surface area (Å²) in [4.78, 5) is 19.4. The molecule has 0 bridgehead atoms. The van der Waals surface area contributed by atoms with Crippen LogP contribution >= 0.6 is 0 Å². The molecule has 5 nitrogen and oxygen atoms in total. The van der Waals surface area contributed by atoms with E-state index < -0.39 is 0 Å². The van der Waals surface area contributed by atoms with Crippen LogP contribution in [0.3, 0.4) is 0 Å². The molecule has 1 aromatic heterocycles. The molecule has 19 heavy (non-hydrogen) atoms. The summed E-state index contributed by atoms with van der Waals surface area (Å²) in [5.74, 6) is 1.07. The first-order valence-corrected chi connectivity index (χ1v) is 6.14. The fourth-order valence-corrected chi connectivity index (χ4v) is 2.12. The molecule has 0 atom stereocenters. The van der Waals surface area contributed by atoms with Crippen LogP contribution in [0.2, 0.25) is 0 Å². The summed E-state index contributed by atoms with van der Waals surface area (Å²) in [5, 5.41) is 3.25. The van der Waals surface area contributed by atoms with Crippen LogP contribution in [-0.2, 0) is 13.0 Å². The van der Waals surface area contributed by atoms with E-state index in [1.807, 2.05) is 6.07 Å². The molecule has 3 rings (SSSR count). The van der Waals surface area contributed by atoms with Crippen molar-refractivity contribution in [2.75, 3.05) is 6.54 Å². The Bertz CT molecular complexity index is 613. The van der Waals surface area contributed by atoms with Gasteiger partial charge in [-0.05, 0) is 25.1 Å². The molecule has 96 valence electrons. The van der Waals surface area contributed by atoms with Gasteiger partial charge in [0, 0.05) is 12.1 Å². The van der Waals surface area contributed by atoms with Crippen molar-refractivity contribution in [1.82, 2.24) is 15.3 Å². The van der Waals surface area contributed by atoms with Gasteiger partial charge in [0.15, 0.2) is 6.29 Å². The summed E-state index contributed by atoms with van der Waals surface area (Å²) >= 11 is 0. The second-order valence-corrected chi connectivity index (χ2v) is 4.29. The lowest BCUT2D eigenvalue weighted by atomic mass is 10.1. The lowest BCUT2D eigenvalue weighted by molar-refractivity contribution is 0.112. The van der Waals surface area contributed by atoms with Crippen molar-refractivity contribution >= 4 is 6.29 Å². The highest BCUT2D eigenvalue weighted by atomic mass is 16.5. The highest BCUT2D eigenvalue weighted by Crippen LogP contribution is 2.27. The first kappa shape index (κ1) is 11.8. The summed E-state index contributed by atoms with van der Waals surface area (Å²) in [5.41, 5.74) is 2.49. The molecule has 0 saturated carbocycles. The van der Waals surface area contributed by atoms with E-state index >= 15 is 0 Å². The van der Waals surface area contributed by atoms with Gasteiger partial charge in [0.2, 0.25) is 5.88 Å². The molecule has 0 fully saturated rings. The highest BCUT2D eigenvalue weighted by molar-refractivity contribution is 5.79. The van der Waals surface area contributed by atoms with E-state index in [9.17, 15) is 4.79 Å². The van der Waals surface area contributed by atoms with E-state index in [-0.39, 0.29) is 0 Å². The Hall–Kier alpha value is -2.27. The van der Waals surface area contributed by atoms with Crippen LogP contribution in [0.5, 0.6) is 11.6 Å². The Labute approximate surface area is 110 Å². The minimum Gasteiger partial charge on any atom is -0.438 e. The Morgan fingerprint density at radius 2 is 2.16 bits per heavy atom. The highest BCUT2D eigenvalue weighted by Gasteiger charge is 2.17. The fourth-order valence-electron chi connectivity index (χ4n) is 2.12. The number of benzene rings is 1. The largest absolute Gasteiger partial charge is 0.438 e. The Kier molecular flexibility index (Phi) is 3.20. The maximum Gasteiger partial charge on any atom is 0.225 e. The van der Waals surface area contributed by atoms with Gasteiger partial charge in [0.25, 0.3) is 0 Å². The molecule has 1 aliphatic heterocycles. The molecule has 5 heteroatoms. The normalized spacial score (nSPS) is 13.7. The van der Waals surface area contributed by atoms with Crippen LogP contribution in [0, 0.1) is 0 Å². The van der Waals surface area contributed by atoms with Crippen LogP contribution in [0.1, 0.15) is 21.6 Å². The van der Waals surface area contributed by atoms with Gasteiger partial charge in [-0.25, -0.2) is 9.97 Å². The molecular weight excluding hydrogens is 242 g/mol. The third kappa shape index (κ3) is 2.32. The van der Waals surface area contributed by atoms with Crippen molar-refractivity contribution < 1.29 is 9.53 Å². The lowest BCUT2D eigenvalue weighted by Gasteiger charge is -2.18. The zero-order chi connectivity index (χ0) is 13.1. The van der Waals surface area contributed by atoms with Crippen molar-refractivity contribution in [2.45, 2.75) is 13.0 Å². The number of aldehydes is 1. The molecule has 1 aromatic carbocycles. The standard InChI is InChI=1S/C14H13N3O2/c18-8-10-3-1-2-4-13(10)19-14-11-5-6-15-7-12(11)16-9-17-14/h1-4,8-9,15H,5-7H2. The maximum absolute atomic E-state index is 11.0. The lowest BCUT2D eigenvalue weighted by Crippen LogP contribution is -2.25. The van der Waals surface area contributed by atoms with Crippen LogP contribution in [0.25, 0.3) is 0 Å². The van der Waals surface area contributed by atoms with Crippen LogP contribution in [0.15, 0.2) is 30.6 Å². The molecule has 1 N–H and O–H groups in total. The van der Waals surface area contributed by atoms with Crippen molar-refractivity contribution in [3.63, 3.8) is 0 Å². The fraction of sp³-hybridized carbons (Fsp3) is 0.214. The number of ether oxygens (including phenoxy) is 1. The summed E-state index contributed by atoms with van der Waals surface area (Å²) < 4.78 is 5.79. The topological polar surface area (TPSA) is 64.1 Å². The van der Waals surface area contributed by atoms with Crippen molar-refractivity contribution in [1.29, 1.82) is 0 Å². The first-order valence-electron chi connectivity index (χ1n) is 6.14. The molecule has 0 radical (unpaired) electrons. The van der Waals surface area contributed by atoms with Gasteiger partial charge in [-0.3, -0.25) is 4.79 Å². The van der Waals surface area contributed by atoms with Gasteiger partial charge in [-0.2, -0.15) is 0 Å². The molecule has 0 unspecified atom stereocenters. The van der Waals surface area contributed by atoms with E-state index in [0.717, 1.165) is 37.1 Å². The third-order valence-corrected chi connectivity index (χ3v) is 3.09. The zero-order valence-corrected chi connectivity index (χ0v) is 10.3. The smallest absolute Gasteiger partial charge is 0.225 e. The second-order valence-electron chi connectivity index (χ2n) is 4.29. The molecule has 0 spiro atoms. The monoisotopic (exact) mass is 255 g/mol. The molecule has 1 aliphatic rings. The number of aromatic nitrogens is 2. The van der Waals surface area contributed by atoms with Gasteiger partial charge in [-0.1, -0.05) is 12.1 Å². The van der Waals surface area contributed by atoms with E-state index in [1.54, 1.807) is 18.2 Å². The predicted molar refractivity (Wildman–Crippen MR) is 69.3 cm³/mol.